The molecule has 9 nitrogen and oxygen atoms in total. The highest BCUT2D eigenvalue weighted by atomic mass is 16.6. The van der Waals surface area contributed by atoms with Crippen LogP contribution in [0.2, 0.25) is 0 Å². The van der Waals surface area contributed by atoms with Crippen LogP contribution in [0.15, 0.2) is 84.9 Å². The van der Waals surface area contributed by atoms with Crippen LogP contribution in [0.1, 0.15) is 37.5 Å². The number of methoxy groups -OCH3 is 1. The van der Waals surface area contributed by atoms with Crippen LogP contribution in [-0.2, 0) is 29.0 Å². The number of aliphatic hydroxyl groups is 1. The Labute approximate surface area is 236 Å². The number of ether oxygens (including phenoxy) is 3. The number of hydrogen-bond acceptors (Lipinski definition) is 7. The first kappa shape index (κ1) is 30.5. The average Bonchev–Trinajstić information content (AvgIpc) is 2.92. The molecular formula is C31H39N3O6. The first-order valence-electron chi connectivity index (χ1n) is 13.2. The second kappa shape index (κ2) is 14.9. The van der Waals surface area contributed by atoms with Crippen LogP contribution in [0.5, 0.6) is 5.75 Å². The molecule has 0 unspecified atom stereocenters. The van der Waals surface area contributed by atoms with Crippen molar-refractivity contribution in [2.75, 3.05) is 13.7 Å². The molecule has 0 aromatic heterocycles. The third-order valence-corrected chi connectivity index (χ3v) is 5.89. The molecule has 0 saturated heterocycles. The Morgan fingerprint density at radius 1 is 0.875 bits per heavy atom. The topological polar surface area (TPSA) is 109 Å². The van der Waals surface area contributed by atoms with Gasteiger partial charge in [-0.05, 0) is 44.4 Å². The molecule has 40 heavy (non-hydrogen) atoms. The van der Waals surface area contributed by atoms with Gasteiger partial charge in [-0.3, -0.25) is 5.43 Å². The molecule has 0 aliphatic heterocycles. The minimum absolute atomic E-state index is 0.0201. The summed E-state index contributed by atoms with van der Waals surface area (Å²) in [5, 5.41) is 15.7. The van der Waals surface area contributed by atoms with E-state index in [-0.39, 0.29) is 19.7 Å². The number of nitrogens with one attached hydrogen (secondary N) is 2. The Morgan fingerprint density at radius 2 is 1.48 bits per heavy atom. The summed E-state index contributed by atoms with van der Waals surface area (Å²) >= 11 is 0. The lowest BCUT2D eigenvalue weighted by Gasteiger charge is -2.31. The second-order valence-corrected chi connectivity index (χ2v) is 10.4. The van der Waals surface area contributed by atoms with Gasteiger partial charge in [0.15, 0.2) is 0 Å². The monoisotopic (exact) mass is 549 g/mol. The molecule has 3 N–H and O–H groups in total. The summed E-state index contributed by atoms with van der Waals surface area (Å²) in [5.74, 6) is 0.636. The second-order valence-electron chi connectivity index (χ2n) is 10.4. The van der Waals surface area contributed by atoms with E-state index in [1.165, 1.54) is 0 Å². The van der Waals surface area contributed by atoms with Crippen molar-refractivity contribution in [2.45, 2.75) is 58.1 Å². The number of hydrogen-bond donors (Lipinski definition) is 3. The van der Waals surface area contributed by atoms with Crippen molar-refractivity contribution in [1.29, 1.82) is 0 Å². The van der Waals surface area contributed by atoms with Crippen LogP contribution in [0.25, 0.3) is 0 Å². The fourth-order valence-corrected chi connectivity index (χ4v) is 4.04. The van der Waals surface area contributed by atoms with Crippen molar-refractivity contribution in [3.63, 3.8) is 0 Å². The zero-order valence-corrected chi connectivity index (χ0v) is 23.5. The molecule has 0 spiro atoms. The molecule has 0 aliphatic carbocycles. The smallest absolute Gasteiger partial charge is 0.422 e. The number of benzene rings is 3. The van der Waals surface area contributed by atoms with Gasteiger partial charge in [-0.2, -0.15) is 0 Å². The molecule has 3 aromatic carbocycles. The Morgan fingerprint density at radius 3 is 2.10 bits per heavy atom. The maximum absolute atomic E-state index is 12.8. The van der Waals surface area contributed by atoms with Crippen molar-refractivity contribution < 1.29 is 28.9 Å². The van der Waals surface area contributed by atoms with E-state index < -0.39 is 29.9 Å². The first-order valence-corrected chi connectivity index (χ1v) is 13.2. The Bertz CT molecular complexity index is 1200. The van der Waals surface area contributed by atoms with Gasteiger partial charge in [0.2, 0.25) is 0 Å². The highest BCUT2D eigenvalue weighted by Crippen LogP contribution is 2.20. The summed E-state index contributed by atoms with van der Waals surface area (Å²) in [4.78, 5) is 25.4. The number of aliphatic hydroxyl groups excluding tert-OH is 1. The van der Waals surface area contributed by atoms with Gasteiger partial charge in [-0.15, -0.1) is 0 Å². The number of carbonyl (C=O) groups excluding carboxylic acids is 2. The van der Waals surface area contributed by atoms with Crippen LogP contribution < -0.4 is 15.5 Å². The van der Waals surface area contributed by atoms with Crippen LogP contribution in [0.4, 0.5) is 9.59 Å². The molecule has 0 radical (unpaired) electrons. The molecule has 0 fully saturated rings. The van der Waals surface area contributed by atoms with Gasteiger partial charge in [0.1, 0.15) is 18.0 Å². The van der Waals surface area contributed by atoms with E-state index in [0.717, 1.165) is 16.7 Å². The van der Waals surface area contributed by atoms with Crippen LogP contribution in [0.3, 0.4) is 0 Å². The largest absolute Gasteiger partial charge is 0.496 e. The van der Waals surface area contributed by atoms with E-state index in [0.29, 0.717) is 12.2 Å². The molecule has 3 rings (SSSR count). The number of hydrazine groups is 1. The number of nitrogens with zero attached hydrogens (tertiary/aromatic N) is 1. The normalized spacial score (nSPS) is 12.8. The first-order chi connectivity index (χ1) is 19.1. The number of rotatable bonds is 12. The lowest BCUT2D eigenvalue weighted by molar-refractivity contribution is 0.0139. The summed E-state index contributed by atoms with van der Waals surface area (Å²) in [5.41, 5.74) is 4.59. The molecule has 2 atom stereocenters. The molecule has 214 valence electrons. The SMILES string of the molecule is COc1ccccc1CN(C[C@H](O)[C@H](Cc1ccccc1)NC(=O)OCc1ccccc1)NC(=O)OC(C)(C)C. The van der Waals surface area contributed by atoms with Crippen LogP contribution >= 0.6 is 0 Å². The maximum Gasteiger partial charge on any atom is 0.422 e. The third kappa shape index (κ3) is 10.6. The lowest BCUT2D eigenvalue weighted by Crippen LogP contribution is -2.53. The van der Waals surface area contributed by atoms with E-state index in [1.807, 2.05) is 84.9 Å². The fraction of sp³-hybridized carbons (Fsp3) is 0.355. The summed E-state index contributed by atoms with van der Waals surface area (Å²) in [7, 11) is 1.57. The van der Waals surface area contributed by atoms with Crippen molar-refractivity contribution in [2.24, 2.45) is 0 Å². The number of alkyl carbamates (subject to hydrolysis) is 1. The summed E-state index contributed by atoms with van der Waals surface area (Å²) in [6.07, 6.45) is -2.06. The summed E-state index contributed by atoms with van der Waals surface area (Å²) < 4.78 is 16.3. The number of carbonyl (C=O) groups is 2. The molecule has 0 aliphatic rings. The molecule has 2 amide bonds. The summed E-state index contributed by atoms with van der Waals surface area (Å²) in [6, 6.07) is 25.6. The molecule has 0 bridgehead atoms. The molecule has 0 heterocycles. The van der Waals surface area contributed by atoms with Crippen molar-refractivity contribution in [3.05, 3.63) is 102 Å². The van der Waals surface area contributed by atoms with E-state index >= 15 is 0 Å². The van der Waals surface area contributed by atoms with E-state index in [1.54, 1.807) is 32.9 Å². The average molecular weight is 550 g/mol. The Kier molecular flexibility index (Phi) is 11.4. The number of amides is 2. The zero-order chi connectivity index (χ0) is 29.0. The van der Waals surface area contributed by atoms with Crippen molar-refractivity contribution >= 4 is 12.2 Å². The Hall–Kier alpha value is -4.08. The van der Waals surface area contributed by atoms with Crippen LogP contribution in [0, 0.1) is 0 Å². The minimum Gasteiger partial charge on any atom is -0.496 e. The molecule has 9 heteroatoms. The highest BCUT2D eigenvalue weighted by molar-refractivity contribution is 5.68. The van der Waals surface area contributed by atoms with Gasteiger partial charge in [-0.25, -0.2) is 14.6 Å². The van der Waals surface area contributed by atoms with Crippen LogP contribution in [-0.4, -0.2) is 53.7 Å². The van der Waals surface area contributed by atoms with Gasteiger partial charge >= 0.3 is 12.2 Å². The maximum atomic E-state index is 12.8. The lowest BCUT2D eigenvalue weighted by atomic mass is 10.0. The van der Waals surface area contributed by atoms with E-state index in [9.17, 15) is 14.7 Å². The highest BCUT2D eigenvalue weighted by Gasteiger charge is 2.27. The fourth-order valence-electron chi connectivity index (χ4n) is 4.04. The summed E-state index contributed by atoms with van der Waals surface area (Å²) in [6.45, 7) is 5.61. The predicted octanol–water partition coefficient (Wildman–Crippen LogP) is 4.84. The quantitative estimate of drug-likeness (QED) is 0.278. The molecule has 3 aromatic rings. The van der Waals surface area contributed by atoms with E-state index in [2.05, 4.69) is 10.7 Å². The third-order valence-electron chi connectivity index (χ3n) is 5.89. The van der Waals surface area contributed by atoms with Gasteiger partial charge in [0, 0.05) is 18.7 Å². The van der Waals surface area contributed by atoms with E-state index in [4.69, 9.17) is 14.2 Å². The van der Waals surface area contributed by atoms with Crippen molar-refractivity contribution in [1.82, 2.24) is 15.8 Å². The minimum atomic E-state index is -1.09. The van der Waals surface area contributed by atoms with Gasteiger partial charge < -0.3 is 24.6 Å². The number of para-hydroxylation sites is 1. The predicted molar refractivity (Wildman–Crippen MR) is 152 cm³/mol. The van der Waals surface area contributed by atoms with Crippen molar-refractivity contribution in [3.8, 4) is 5.75 Å². The zero-order valence-electron chi connectivity index (χ0n) is 23.5. The standard InChI is InChI=1S/C31H39N3O6/c1-31(2,3)40-30(37)33-34(20-25-17-11-12-18-28(25)38-4)21-27(35)26(19-23-13-7-5-8-14-23)32-29(36)39-22-24-15-9-6-10-16-24/h5-18,26-27,35H,19-22H2,1-4H3,(H,32,36)(H,33,37)/t26-,27-/m0/s1. The van der Waals surface area contributed by atoms with Gasteiger partial charge in [-0.1, -0.05) is 78.9 Å². The molecular weight excluding hydrogens is 510 g/mol. The Balaban J connectivity index is 1.77. The van der Waals surface area contributed by atoms with Gasteiger partial charge in [0.05, 0.1) is 19.3 Å². The molecule has 0 saturated carbocycles. The van der Waals surface area contributed by atoms with Gasteiger partial charge in [0.25, 0.3) is 0 Å².